The lowest BCUT2D eigenvalue weighted by Crippen LogP contribution is -2.46. The maximum absolute atomic E-state index is 5.94. The Morgan fingerprint density at radius 3 is 2.41 bits per heavy atom. The standard InChI is InChI=1S/C30H36N6O3/c1-37-25-12-24(13-26(15-25)38-2)36(18-21-4-5-21)23-6-7-27-28(14-23)34-29(17-32-27)22-16-33-35(19-22)20-30(39-3)8-10-31-11-9-30/h6-7,12-17,19,21,31H,4-5,8-11,18,20H2,1-3H3. The molecule has 39 heavy (non-hydrogen) atoms. The quantitative estimate of drug-likeness (QED) is 0.313. The fourth-order valence-corrected chi connectivity index (χ4v) is 5.36. The average Bonchev–Trinajstić information content (AvgIpc) is 3.70. The van der Waals surface area contributed by atoms with E-state index in [0.717, 1.165) is 84.2 Å². The lowest BCUT2D eigenvalue weighted by atomic mass is 9.92. The largest absolute Gasteiger partial charge is 0.497 e. The number of aromatic nitrogens is 4. The van der Waals surface area contributed by atoms with E-state index >= 15 is 0 Å². The molecule has 0 bridgehead atoms. The second kappa shape index (κ2) is 10.8. The first kappa shape index (κ1) is 25.6. The minimum absolute atomic E-state index is 0.188. The van der Waals surface area contributed by atoms with E-state index in [2.05, 4.69) is 39.6 Å². The van der Waals surface area contributed by atoms with Gasteiger partial charge in [-0.25, -0.2) is 4.98 Å². The van der Waals surface area contributed by atoms with Gasteiger partial charge in [0.15, 0.2) is 0 Å². The number of fused-ring (bicyclic) bond motifs is 1. The Morgan fingerprint density at radius 1 is 0.949 bits per heavy atom. The molecule has 2 aromatic carbocycles. The van der Waals surface area contributed by atoms with Gasteiger partial charge in [0.1, 0.15) is 11.5 Å². The molecule has 0 spiro atoms. The number of nitrogens with one attached hydrogen (secondary N) is 1. The van der Waals surface area contributed by atoms with Crippen LogP contribution in [-0.2, 0) is 11.3 Å². The first-order valence-electron chi connectivity index (χ1n) is 13.6. The predicted molar refractivity (Wildman–Crippen MR) is 152 cm³/mol. The highest BCUT2D eigenvalue weighted by molar-refractivity contribution is 5.82. The molecule has 1 aliphatic carbocycles. The van der Waals surface area contributed by atoms with E-state index in [9.17, 15) is 0 Å². The fourth-order valence-electron chi connectivity index (χ4n) is 5.36. The van der Waals surface area contributed by atoms with Gasteiger partial charge in [0.05, 0.1) is 55.5 Å². The predicted octanol–water partition coefficient (Wildman–Crippen LogP) is 4.83. The van der Waals surface area contributed by atoms with Crippen LogP contribution in [0.5, 0.6) is 11.5 Å². The molecular formula is C30H36N6O3. The van der Waals surface area contributed by atoms with Crippen LogP contribution in [0.1, 0.15) is 25.7 Å². The van der Waals surface area contributed by atoms with Crippen LogP contribution in [0.3, 0.4) is 0 Å². The molecule has 1 saturated carbocycles. The molecule has 2 aromatic heterocycles. The zero-order valence-electron chi connectivity index (χ0n) is 22.9. The number of rotatable bonds is 10. The van der Waals surface area contributed by atoms with Crippen molar-refractivity contribution >= 4 is 22.4 Å². The molecule has 204 valence electrons. The summed E-state index contributed by atoms with van der Waals surface area (Å²) >= 11 is 0. The van der Waals surface area contributed by atoms with Crippen LogP contribution in [-0.4, -0.2) is 66.3 Å². The molecule has 0 atom stereocenters. The van der Waals surface area contributed by atoms with E-state index in [0.29, 0.717) is 5.92 Å². The van der Waals surface area contributed by atoms with Gasteiger partial charge in [-0.05, 0) is 62.9 Å². The zero-order chi connectivity index (χ0) is 26.8. The van der Waals surface area contributed by atoms with E-state index in [4.69, 9.17) is 24.2 Å². The highest BCUT2D eigenvalue weighted by Gasteiger charge is 2.32. The van der Waals surface area contributed by atoms with Crippen molar-refractivity contribution in [3.05, 3.63) is 55.0 Å². The lowest BCUT2D eigenvalue weighted by Gasteiger charge is -2.36. The van der Waals surface area contributed by atoms with Gasteiger partial charge in [-0.2, -0.15) is 5.10 Å². The summed E-state index contributed by atoms with van der Waals surface area (Å²) in [5.74, 6) is 2.21. The second-order valence-electron chi connectivity index (χ2n) is 10.6. The summed E-state index contributed by atoms with van der Waals surface area (Å²) in [5.41, 5.74) is 5.37. The molecule has 9 nitrogen and oxygen atoms in total. The first-order chi connectivity index (χ1) is 19.1. The van der Waals surface area contributed by atoms with Crippen LogP contribution in [0.25, 0.3) is 22.3 Å². The van der Waals surface area contributed by atoms with Crippen molar-refractivity contribution in [3.63, 3.8) is 0 Å². The summed E-state index contributed by atoms with van der Waals surface area (Å²) in [7, 11) is 5.16. The van der Waals surface area contributed by atoms with Crippen molar-refractivity contribution in [2.75, 3.05) is 45.9 Å². The number of hydrogen-bond acceptors (Lipinski definition) is 8. The molecule has 2 aliphatic rings. The maximum Gasteiger partial charge on any atom is 0.124 e. The van der Waals surface area contributed by atoms with Gasteiger partial charge < -0.3 is 24.4 Å². The van der Waals surface area contributed by atoms with Crippen LogP contribution < -0.4 is 19.7 Å². The molecule has 1 saturated heterocycles. The van der Waals surface area contributed by atoms with Gasteiger partial charge in [-0.3, -0.25) is 9.67 Å². The number of piperidine rings is 1. The summed E-state index contributed by atoms with van der Waals surface area (Å²) < 4.78 is 19.0. The van der Waals surface area contributed by atoms with Gasteiger partial charge in [0.25, 0.3) is 0 Å². The number of benzene rings is 2. The van der Waals surface area contributed by atoms with Gasteiger partial charge in [-0.1, -0.05) is 0 Å². The van der Waals surface area contributed by atoms with Crippen LogP contribution in [0, 0.1) is 5.92 Å². The van der Waals surface area contributed by atoms with Crippen molar-refractivity contribution < 1.29 is 14.2 Å². The molecule has 9 heteroatoms. The minimum Gasteiger partial charge on any atom is -0.497 e. The van der Waals surface area contributed by atoms with Crippen molar-refractivity contribution in [3.8, 4) is 22.8 Å². The number of ether oxygens (including phenoxy) is 3. The van der Waals surface area contributed by atoms with Crippen molar-refractivity contribution in [1.29, 1.82) is 0 Å². The van der Waals surface area contributed by atoms with E-state index in [1.165, 1.54) is 12.8 Å². The molecule has 2 fully saturated rings. The number of anilines is 2. The van der Waals surface area contributed by atoms with Crippen molar-refractivity contribution in [1.82, 2.24) is 25.1 Å². The van der Waals surface area contributed by atoms with E-state index < -0.39 is 0 Å². The highest BCUT2D eigenvalue weighted by Crippen LogP contribution is 2.38. The third-order valence-corrected chi connectivity index (χ3v) is 7.95. The monoisotopic (exact) mass is 528 g/mol. The summed E-state index contributed by atoms with van der Waals surface area (Å²) in [5, 5.41) is 8.05. The van der Waals surface area contributed by atoms with E-state index in [1.54, 1.807) is 21.3 Å². The first-order valence-corrected chi connectivity index (χ1v) is 13.6. The molecule has 3 heterocycles. The Morgan fingerprint density at radius 2 is 1.72 bits per heavy atom. The molecule has 6 rings (SSSR count). The van der Waals surface area contributed by atoms with Crippen LogP contribution in [0.15, 0.2) is 55.0 Å². The summed E-state index contributed by atoms with van der Waals surface area (Å²) in [6.07, 6.45) is 10.2. The molecule has 1 N–H and O–H groups in total. The third kappa shape index (κ3) is 5.55. The Labute approximate surface area is 229 Å². The fraction of sp³-hybridized carbons (Fsp3) is 0.433. The normalized spacial score (nSPS) is 16.8. The number of hydrogen-bond donors (Lipinski definition) is 1. The van der Waals surface area contributed by atoms with Crippen LogP contribution in [0.4, 0.5) is 11.4 Å². The number of methoxy groups -OCH3 is 3. The average molecular weight is 529 g/mol. The lowest BCUT2D eigenvalue weighted by molar-refractivity contribution is -0.0490. The maximum atomic E-state index is 5.94. The molecular weight excluding hydrogens is 492 g/mol. The Bertz CT molecular complexity index is 1420. The molecule has 0 radical (unpaired) electrons. The summed E-state index contributed by atoms with van der Waals surface area (Å²) in [6.45, 7) is 3.57. The topological polar surface area (TPSA) is 86.6 Å². The van der Waals surface area contributed by atoms with Crippen molar-refractivity contribution in [2.24, 2.45) is 5.92 Å². The molecule has 1 aliphatic heterocycles. The van der Waals surface area contributed by atoms with Crippen LogP contribution in [0.2, 0.25) is 0 Å². The highest BCUT2D eigenvalue weighted by atomic mass is 16.5. The molecule has 0 amide bonds. The van der Waals surface area contributed by atoms with Gasteiger partial charge in [0.2, 0.25) is 0 Å². The third-order valence-electron chi connectivity index (χ3n) is 7.95. The van der Waals surface area contributed by atoms with Crippen molar-refractivity contribution in [2.45, 2.75) is 37.8 Å². The Kier molecular flexibility index (Phi) is 7.10. The molecule has 4 aromatic rings. The van der Waals surface area contributed by atoms with Gasteiger partial charge in [0, 0.05) is 55.0 Å². The Balaban J connectivity index is 1.31. The summed E-state index contributed by atoms with van der Waals surface area (Å²) in [6, 6.07) is 12.3. The SMILES string of the molecule is COc1cc(OC)cc(N(CC2CC2)c2ccc3ncc(-c4cnn(CC5(OC)CCNCC5)c4)nc3c2)c1. The van der Waals surface area contributed by atoms with Gasteiger partial charge in [-0.15, -0.1) is 0 Å². The summed E-state index contributed by atoms with van der Waals surface area (Å²) in [4.78, 5) is 12.1. The van der Waals surface area contributed by atoms with E-state index in [1.807, 2.05) is 35.4 Å². The molecule has 0 unspecified atom stereocenters. The Hall–Kier alpha value is -3.69. The minimum atomic E-state index is -0.188. The van der Waals surface area contributed by atoms with Crippen LogP contribution >= 0.6 is 0 Å². The number of nitrogens with zero attached hydrogens (tertiary/aromatic N) is 5. The van der Waals surface area contributed by atoms with E-state index in [-0.39, 0.29) is 5.60 Å². The smallest absolute Gasteiger partial charge is 0.124 e. The second-order valence-corrected chi connectivity index (χ2v) is 10.6. The zero-order valence-corrected chi connectivity index (χ0v) is 22.9. The van der Waals surface area contributed by atoms with Gasteiger partial charge >= 0.3 is 0 Å².